The second-order valence-electron chi connectivity index (χ2n) is 9.70. The van der Waals surface area contributed by atoms with Crippen LogP contribution >= 0.6 is 31.8 Å². The molecule has 4 atom stereocenters. The van der Waals surface area contributed by atoms with Crippen molar-refractivity contribution >= 4 is 54.9 Å². The summed E-state index contributed by atoms with van der Waals surface area (Å²) < 4.78 is 24.7. The molecule has 3 aromatic heterocycles. The van der Waals surface area contributed by atoms with Crippen LogP contribution in [0.5, 0.6) is 0 Å². The Hall–Kier alpha value is -1.85. The largest absolute Gasteiger partial charge is 0.374 e. The number of carbonyl (C=O) groups excluding carboxylic acids is 1. The number of alkyl halides is 2. The van der Waals surface area contributed by atoms with E-state index in [0.717, 1.165) is 54.8 Å². The first kappa shape index (κ1) is 23.5. The summed E-state index contributed by atoms with van der Waals surface area (Å²) >= 11 is 2.45. The summed E-state index contributed by atoms with van der Waals surface area (Å²) in [6.45, 7) is 1.51. The summed E-state index contributed by atoms with van der Waals surface area (Å²) in [5, 5.41) is 11.7. The van der Waals surface area contributed by atoms with Gasteiger partial charge in [0.05, 0.1) is 36.7 Å². The highest BCUT2D eigenvalue weighted by molar-refractivity contribution is 14.1. The van der Waals surface area contributed by atoms with E-state index in [1.807, 2.05) is 16.9 Å². The van der Waals surface area contributed by atoms with Crippen LogP contribution < -0.4 is 10.2 Å². The second kappa shape index (κ2) is 9.55. The van der Waals surface area contributed by atoms with Crippen LogP contribution in [-0.2, 0) is 4.74 Å². The van der Waals surface area contributed by atoms with Gasteiger partial charge in [0.25, 0.3) is 5.91 Å². The number of hydrogen-bond donors (Lipinski definition) is 1. The number of rotatable bonds is 6. The molecule has 5 heterocycles. The zero-order chi connectivity index (χ0) is 24.1. The average Bonchev–Trinajstić information content (AvgIpc) is 3.66. The number of amides is 1. The van der Waals surface area contributed by atoms with Crippen LogP contribution in [0.1, 0.15) is 60.1 Å². The van der Waals surface area contributed by atoms with Gasteiger partial charge < -0.3 is 15.0 Å². The molecule has 0 aromatic carbocycles. The molecule has 3 aliphatic rings. The van der Waals surface area contributed by atoms with E-state index >= 15 is 0 Å². The minimum atomic E-state index is -1.38. The van der Waals surface area contributed by atoms with E-state index in [1.165, 1.54) is 6.20 Å². The molecule has 2 saturated heterocycles. The van der Waals surface area contributed by atoms with Crippen molar-refractivity contribution in [3.8, 4) is 0 Å². The Kier molecular flexibility index (Phi) is 6.42. The number of ether oxygens (including phenoxy) is 1. The third-order valence-electron chi connectivity index (χ3n) is 7.47. The van der Waals surface area contributed by atoms with Crippen LogP contribution in [-0.4, -0.2) is 60.0 Å². The van der Waals surface area contributed by atoms with Gasteiger partial charge in [-0.15, -0.1) is 0 Å². The molecule has 186 valence electrons. The Labute approximate surface area is 218 Å². The van der Waals surface area contributed by atoms with Crippen molar-refractivity contribution < 1.29 is 13.9 Å². The van der Waals surface area contributed by atoms with Gasteiger partial charge in [-0.1, -0.05) is 31.8 Å². The number of anilines is 2. The van der Waals surface area contributed by atoms with Gasteiger partial charge in [0.15, 0.2) is 11.6 Å². The Balaban J connectivity index is 1.24. The minimum Gasteiger partial charge on any atom is -0.374 e. The van der Waals surface area contributed by atoms with Gasteiger partial charge in [-0.3, -0.25) is 9.48 Å². The number of nitrogens with zero attached hydrogens (tertiary/aromatic N) is 6. The molecule has 2 bridgehead atoms. The zero-order valence-corrected chi connectivity index (χ0v) is 22.5. The molecule has 1 aliphatic carbocycles. The lowest BCUT2D eigenvalue weighted by Gasteiger charge is -2.27. The maximum absolute atomic E-state index is 14.4. The van der Waals surface area contributed by atoms with Crippen molar-refractivity contribution in [1.29, 1.82) is 0 Å². The standard InChI is InChI=1S/C23H28FIN7O2P/c24-21(35)20-18(11-32(29-20)14-3-1-13(8-25)2-4-14)27-23(33)17-9-26-31-6-5-19(28-22(17)31)30-10-16-7-15(30)12-34-16/h5-6,9,11,13-16,21H,1-4,7-8,10,12,35H2,(H,27,33)/t13?,14?,15-,16-,21?/m1/s1. The summed E-state index contributed by atoms with van der Waals surface area (Å²) in [6, 6.07) is 2.46. The van der Waals surface area contributed by atoms with Gasteiger partial charge in [-0.2, -0.15) is 10.2 Å². The molecule has 2 unspecified atom stereocenters. The predicted molar refractivity (Wildman–Crippen MR) is 142 cm³/mol. The number of aromatic nitrogens is 5. The first-order chi connectivity index (χ1) is 17.0. The van der Waals surface area contributed by atoms with E-state index in [2.05, 4.69) is 52.2 Å². The second-order valence-corrected chi connectivity index (χ2v) is 11.2. The maximum atomic E-state index is 14.4. The fourth-order valence-corrected chi connectivity index (χ4v) is 6.63. The highest BCUT2D eigenvalue weighted by Gasteiger charge is 2.39. The Morgan fingerprint density at radius 2 is 2.14 bits per heavy atom. The molecule has 3 aromatic rings. The summed E-state index contributed by atoms with van der Waals surface area (Å²) in [7, 11) is 2.14. The van der Waals surface area contributed by atoms with Crippen molar-refractivity contribution in [2.45, 2.75) is 56.2 Å². The summed E-state index contributed by atoms with van der Waals surface area (Å²) in [5.74, 6) is -0.199. The van der Waals surface area contributed by atoms with Crippen LogP contribution in [0.2, 0.25) is 0 Å². The number of halogens is 2. The third-order valence-corrected chi connectivity index (χ3v) is 9.03. The Bertz CT molecular complexity index is 1240. The van der Waals surface area contributed by atoms with Crippen LogP contribution in [0, 0.1) is 5.92 Å². The Morgan fingerprint density at radius 3 is 2.83 bits per heavy atom. The van der Waals surface area contributed by atoms with Gasteiger partial charge in [0, 0.05) is 23.4 Å². The number of hydrogen-bond acceptors (Lipinski definition) is 6. The molecule has 35 heavy (non-hydrogen) atoms. The monoisotopic (exact) mass is 611 g/mol. The van der Waals surface area contributed by atoms with Crippen molar-refractivity contribution in [2.75, 3.05) is 27.8 Å². The maximum Gasteiger partial charge on any atom is 0.261 e. The van der Waals surface area contributed by atoms with Gasteiger partial charge in [-0.05, 0) is 44.1 Å². The SMILES string of the molecule is O=C(Nc1cn(C2CCC(CI)CC2)nc1C(F)P)c1cnn2ccc(N3C[C@H]4C[C@@H]3CO4)nc12. The molecule has 9 nitrogen and oxygen atoms in total. The van der Waals surface area contributed by atoms with Crippen molar-refractivity contribution in [3.05, 3.63) is 35.9 Å². The summed E-state index contributed by atoms with van der Waals surface area (Å²) in [4.78, 5) is 20.3. The molecular weight excluding hydrogens is 583 g/mol. The third kappa shape index (κ3) is 4.44. The molecule has 0 spiro atoms. The fraction of sp³-hybridized carbons (Fsp3) is 0.565. The predicted octanol–water partition coefficient (Wildman–Crippen LogP) is 4.17. The van der Waals surface area contributed by atoms with E-state index < -0.39 is 5.91 Å². The topological polar surface area (TPSA) is 89.6 Å². The first-order valence-corrected chi connectivity index (χ1v) is 14.3. The number of carbonyl (C=O) groups is 1. The molecule has 1 saturated carbocycles. The minimum absolute atomic E-state index is 0.220. The average molecular weight is 611 g/mol. The molecule has 0 radical (unpaired) electrons. The van der Waals surface area contributed by atoms with Crippen molar-refractivity contribution in [1.82, 2.24) is 24.4 Å². The van der Waals surface area contributed by atoms with Crippen LogP contribution in [0.4, 0.5) is 15.9 Å². The quantitative estimate of drug-likeness (QED) is 0.256. The normalized spacial score (nSPS) is 27.0. The Morgan fingerprint density at radius 1 is 1.31 bits per heavy atom. The van der Waals surface area contributed by atoms with Gasteiger partial charge in [0.2, 0.25) is 0 Å². The van der Waals surface area contributed by atoms with E-state index in [-0.39, 0.29) is 23.7 Å². The van der Waals surface area contributed by atoms with E-state index in [1.54, 1.807) is 10.7 Å². The van der Waals surface area contributed by atoms with Crippen molar-refractivity contribution in [3.63, 3.8) is 0 Å². The van der Waals surface area contributed by atoms with Crippen molar-refractivity contribution in [2.24, 2.45) is 5.92 Å². The number of morpholine rings is 1. The molecule has 6 rings (SSSR count). The van der Waals surface area contributed by atoms with Crippen LogP contribution in [0.3, 0.4) is 0 Å². The molecule has 3 fully saturated rings. The van der Waals surface area contributed by atoms with E-state index in [9.17, 15) is 9.18 Å². The lowest BCUT2D eigenvalue weighted by Crippen LogP contribution is -2.37. The molecular formula is C23H28FIN7O2P. The molecule has 2 aliphatic heterocycles. The van der Waals surface area contributed by atoms with Gasteiger partial charge in [0.1, 0.15) is 17.1 Å². The van der Waals surface area contributed by atoms with Gasteiger partial charge >= 0.3 is 0 Å². The fourth-order valence-electron chi connectivity index (χ4n) is 5.51. The summed E-state index contributed by atoms with van der Waals surface area (Å²) in [5.41, 5.74) is 1.42. The highest BCUT2D eigenvalue weighted by atomic mass is 127. The van der Waals surface area contributed by atoms with Crippen LogP contribution in [0.25, 0.3) is 5.65 Å². The number of nitrogens with one attached hydrogen (secondary N) is 1. The number of fused-ring (bicyclic) bond motifs is 3. The smallest absolute Gasteiger partial charge is 0.261 e. The van der Waals surface area contributed by atoms with Crippen LogP contribution in [0.15, 0.2) is 24.7 Å². The highest BCUT2D eigenvalue weighted by Crippen LogP contribution is 2.37. The first-order valence-electron chi connectivity index (χ1n) is 12.1. The lowest BCUT2D eigenvalue weighted by atomic mass is 9.87. The lowest BCUT2D eigenvalue weighted by molar-refractivity contribution is 0.0988. The van der Waals surface area contributed by atoms with Gasteiger partial charge in [-0.25, -0.2) is 13.9 Å². The molecule has 1 N–H and O–H groups in total. The van der Waals surface area contributed by atoms with E-state index in [4.69, 9.17) is 9.72 Å². The molecule has 1 amide bonds. The van der Waals surface area contributed by atoms with E-state index in [0.29, 0.717) is 29.5 Å². The molecule has 12 heteroatoms. The summed E-state index contributed by atoms with van der Waals surface area (Å²) in [6.07, 6.45) is 10.7. The zero-order valence-electron chi connectivity index (χ0n) is 19.2.